The molecule has 0 amide bonds. The second-order valence-electron chi connectivity index (χ2n) is 5.62. The van der Waals surface area contributed by atoms with Gasteiger partial charge in [0.1, 0.15) is 5.75 Å². The molecule has 6 heteroatoms. The van der Waals surface area contributed by atoms with Gasteiger partial charge in [-0.2, -0.15) is 0 Å². The number of benzene rings is 1. The highest BCUT2D eigenvalue weighted by atomic mass is 32.1. The van der Waals surface area contributed by atoms with Crippen molar-refractivity contribution in [1.82, 2.24) is 14.6 Å². The standard InChI is InChI=1S/C16H18N4OS/c1-11-10-20-15(17-11)22-16(18-20)19-9-3-4-14(19)12-5-7-13(21-2)8-6-12/h5-8,10,14H,3-4,9H2,1-2H3/t14-/m1/s1. The predicted octanol–water partition coefficient (Wildman–Crippen LogP) is 3.45. The Morgan fingerprint density at radius 3 is 2.82 bits per heavy atom. The smallest absolute Gasteiger partial charge is 0.214 e. The van der Waals surface area contributed by atoms with E-state index in [1.807, 2.05) is 29.8 Å². The number of aryl methyl sites for hydroxylation is 1. The van der Waals surface area contributed by atoms with Gasteiger partial charge in [-0.25, -0.2) is 9.50 Å². The molecule has 3 heterocycles. The topological polar surface area (TPSA) is 42.7 Å². The summed E-state index contributed by atoms with van der Waals surface area (Å²) in [6, 6.07) is 8.77. The molecular weight excluding hydrogens is 296 g/mol. The molecule has 1 aliphatic heterocycles. The van der Waals surface area contributed by atoms with Gasteiger partial charge < -0.3 is 9.64 Å². The molecule has 3 aromatic rings. The van der Waals surface area contributed by atoms with Gasteiger partial charge >= 0.3 is 0 Å². The first-order valence-electron chi connectivity index (χ1n) is 7.48. The number of imidazole rings is 1. The first kappa shape index (κ1) is 13.6. The lowest BCUT2D eigenvalue weighted by Gasteiger charge is -2.24. The molecular formula is C16H18N4OS. The minimum Gasteiger partial charge on any atom is -0.497 e. The Hall–Kier alpha value is -2.08. The van der Waals surface area contributed by atoms with Gasteiger partial charge in [0.2, 0.25) is 10.1 Å². The molecule has 4 rings (SSSR count). The Morgan fingerprint density at radius 2 is 2.09 bits per heavy atom. The minimum absolute atomic E-state index is 0.392. The number of aromatic nitrogens is 3. The van der Waals surface area contributed by atoms with E-state index in [4.69, 9.17) is 9.84 Å². The van der Waals surface area contributed by atoms with Crippen LogP contribution in [0.2, 0.25) is 0 Å². The SMILES string of the molecule is COc1ccc([C@H]2CCCN2c2nn3cc(C)nc3s2)cc1. The van der Waals surface area contributed by atoms with Gasteiger partial charge in [0.25, 0.3) is 0 Å². The number of anilines is 1. The molecule has 1 saturated heterocycles. The van der Waals surface area contributed by atoms with Gasteiger partial charge in [-0.05, 0) is 37.5 Å². The average Bonchev–Trinajstić information content (AvgIpc) is 3.20. The summed E-state index contributed by atoms with van der Waals surface area (Å²) in [6.07, 6.45) is 4.33. The van der Waals surface area contributed by atoms with Crippen LogP contribution in [0.1, 0.15) is 30.1 Å². The minimum atomic E-state index is 0.392. The summed E-state index contributed by atoms with van der Waals surface area (Å²) in [6.45, 7) is 3.05. The summed E-state index contributed by atoms with van der Waals surface area (Å²) in [7, 11) is 1.70. The molecule has 0 saturated carbocycles. The monoisotopic (exact) mass is 314 g/mol. The van der Waals surface area contributed by atoms with Crippen LogP contribution < -0.4 is 9.64 Å². The fourth-order valence-electron chi connectivity index (χ4n) is 3.08. The van der Waals surface area contributed by atoms with Crippen LogP contribution in [0.4, 0.5) is 5.13 Å². The molecule has 1 fully saturated rings. The third-order valence-electron chi connectivity index (χ3n) is 4.15. The lowest BCUT2D eigenvalue weighted by atomic mass is 10.0. The van der Waals surface area contributed by atoms with Crippen molar-refractivity contribution in [2.75, 3.05) is 18.6 Å². The molecule has 1 aromatic carbocycles. The van der Waals surface area contributed by atoms with E-state index in [0.29, 0.717) is 6.04 Å². The van der Waals surface area contributed by atoms with Crippen LogP contribution in [-0.2, 0) is 0 Å². The lowest BCUT2D eigenvalue weighted by Crippen LogP contribution is -2.22. The van der Waals surface area contributed by atoms with Gasteiger partial charge in [0, 0.05) is 6.54 Å². The lowest BCUT2D eigenvalue weighted by molar-refractivity contribution is 0.414. The van der Waals surface area contributed by atoms with Crippen LogP contribution in [0.5, 0.6) is 5.75 Å². The summed E-state index contributed by atoms with van der Waals surface area (Å²) in [5.41, 5.74) is 2.33. The molecule has 22 heavy (non-hydrogen) atoms. The van der Waals surface area contributed by atoms with Crippen LogP contribution >= 0.6 is 11.3 Å². The third kappa shape index (κ3) is 2.23. The normalized spacial score (nSPS) is 18.3. The summed E-state index contributed by atoms with van der Waals surface area (Å²) >= 11 is 1.66. The summed E-state index contributed by atoms with van der Waals surface area (Å²) in [5.74, 6) is 0.900. The van der Waals surface area contributed by atoms with E-state index >= 15 is 0 Å². The predicted molar refractivity (Wildman–Crippen MR) is 87.9 cm³/mol. The Morgan fingerprint density at radius 1 is 1.27 bits per heavy atom. The molecule has 1 atom stereocenters. The van der Waals surface area contributed by atoms with E-state index in [9.17, 15) is 0 Å². The fraction of sp³-hybridized carbons (Fsp3) is 0.375. The third-order valence-corrected chi connectivity index (χ3v) is 5.11. The van der Waals surface area contributed by atoms with Crippen molar-refractivity contribution in [3.63, 3.8) is 0 Å². The zero-order valence-corrected chi connectivity index (χ0v) is 13.5. The van der Waals surface area contributed by atoms with Crippen LogP contribution in [0.15, 0.2) is 30.5 Å². The quantitative estimate of drug-likeness (QED) is 0.742. The molecule has 2 aromatic heterocycles. The van der Waals surface area contributed by atoms with E-state index in [1.54, 1.807) is 18.4 Å². The van der Waals surface area contributed by atoms with Crippen molar-refractivity contribution >= 4 is 21.4 Å². The molecule has 0 bridgehead atoms. The number of hydrogen-bond donors (Lipinski definition) is 0. The fourth-order valence-corrected chi connectivity index (χ4v) is 4.09. The number of ether oxygens (including phenoxy) is 1. The molecule has 1 aliphatic rings. The summed E-state index contributed by atoms with van der Waals surface area (Å²) < 4.78 is 7.14. The molecule has 0 aliphatic carbocycles. The van der Waals surface area contributed by atoms with E-state index in [-0.39, 0.29) is 0 Å². The van der Waals surface area contributed by atoms with E-state index < -0.39 is 0 Å². The van der Waals surface area contributed by atoms with Crippen molar-refractivity contribution in [1.29, 1.82) is 0 Å². The Bertz CT molecular complexity index is 761. The van der Waals surface area contributed by atoms with Crippen LogP contribution in [0.25, 0.3) is 4.96 Å². The Kier molecular flexibility index (Phi) is 3.26. The second kappa shape index (κ2) is 5.28. The Balaban J connectivity index is 1.65. The van der Waals surface area contributed by atoms with Crippen molar-refractivity contribution in [2.24, 2.45) is 0 Å². The molecule has 0 unspecified atom stereocenters. The highest BCUT2D eigenvalue weighted by Gasteiger charge is 2.28. The second-order valence-corrected chi connectivity index (χ2v) is 6.55. The van der Waals surface area contributed by atoms with Crippen LogP contribution in [0.3, 0.4) is 0 Å². The number of rotatable bonds is 3. The highest BCUT2D eigenvalue weighted by molar-refractivity contribution is 7.20. The number of hydrogen-bond acceptors (Lipinski definition) is 5. The van der Waals surface area contributed by atoms with Gasteiger partial charge in [-0.15, -0.1) is 5.10 Å². The molecule has 5 nitrogen and oxygen atoms in total. The maximum Gasteiger partial charge on any atom is 0.214 e. The van der Waals surface area contributed by atoms with Crippen molar-refractivity contribution in [3.8, 4) is 5.75 Å². The first-order valence-corrected chi connectivity index (χ1v) is 8.29. The summed E-state index contributed by atoms with van der Waals surface area (Å²) in [5, 5.41) is 5.76. The van der Waals surface area contributed by atoms with Gasteiger partial charge in [-0.1, -0.05) is 23.5 Å². The first-order chi connectivity index (χ1) is 10.7. The van der Waals surface area contributed by atoms with Crippen LogP contribution in [0, 0.1) is 6.92 Å². The van der Waals surface area contributed by atoms with Gasteiger partial charge in [0.15, 0.2) is 0 Å². The zero-order valence-electron chi connectivity index (χ0n) is 12.7. The molecule has 0 N–H and O–H groups in total. The van der Waals surface area contributed by atoms with E-state index in [2.05, 4.69) is 22.0 Å². The zero-order chi connectivity index (χ0) is 15.1. The number of methoxy groups -OCH3 is 1. The summed E-state index contributed by atoms with van der Waals surface area (Å²) in [4.78, 5) is 7.87. The van der Waals surface area contributed by atoms with Gasteiger partial charge in [-0.3, -0.25) is 0 Å². The van der Waals surface area contributed by atoms with Crippen LogP contribution in [-0.4, -0.2) is 28.3 Å². The molecule has 0 spiro atoms. The number of fused-ring (bicyclic) bond motifs is 1. The maximum atomic E-state index is 5.25. The largest absolute Gasteiger partial charge is 0.497 e. The van der Waals surface area contributed by atoms with Crippen molar-refractivity contribution in [3.05, 3.63) is 41.7 Å². The van der Waals surface area contributed by atoms with Crippen molar-refractivity contribution in [2.45, 2.75) is 25.8 Å². The molecule has 0 radical (unpaired) electrons. The van der Waals surface area contributed by atoms with Gasteiger partial charge in [0.05, 0.1) is 25.0 Å². The maximum absolute atomic E-state index is 5.25. The highest BCUT2D eigenvalue weighted by Crippen LogP contribution is 2.38. The van der Waals surface area contributed by atoms with Crippen molar-refractivity contribution < 1.29 is 4.74 Å². The Labute approximate surface area is 133 Å². The number of nitrogens with zero attached hydrogens (tertiary/aromatic N) is 4. The molecule has 114 valence electrons. The average molecular weight is 314 g/mol. The van der Waals surface area contributed by atoms with E-state index in [0.717, 1.165) is 34.5 Å². The van der Waals surface area contributed by atoms with E-state index in [1.165, 1.54) is 12.0 Å².